The Balaban J connectivity index is 2.73. The van der Waals surface area contributed by atoms with Crippen LogP contribution in [0.4, 0.5) is 0 Å². The van der Waals surface area contributed by atoms with Gasteiger partial charge in [-0.3, -0.25) is 4.79 Å². The highest BCUT2D eigenvalue weighted by Gasteiger charge is 2.36. The number of aliphatic hydroxyl groups excluding tert-OH is 1. The van der Waals surface area contributed by atoms with Crippen LogP contribution in [0.25, 0.3) is 0 Å². The number of carbonyl (C=O) groups is 1. The van der Waals surface area contributed by atoms with E-state index in [1.54, 1.807) is 4.90 Å². The van der Waals surface area contributed by atoms with E-state index in [4.69, 9.17) is 15.6 Å². The van der Waals surface area contributed by atoms with Crippen molar-refractivity contribution in [2.75, 3.05) is 26.3 Å². The molecular weight excluding hydrogens is 208 g/mol. The summed E-state index contributed by atoms with van der Waals surface area (Å²) in [5.74, 6) is 0.0317. The largest absolute Gasteiger partial charge is 0.394 e. The molecule has 1 rings (SSSR count). The number of rotatable bonds is 3. The molecule has 0 spiro atoms. The minimum absolute atomic E-state index is 0.0317. The standard InChI is InChI=1S/C11H22N2O3/c1-8-6-16-9(5-14)4-13(8)10(15)11(2,3)7-12/h8-9,14H,4-7,12H2,1-3H3. The van der Waals surface area contributed by atoms with Gasteiger partial charge in [0.25, 0.3) is 0 Å². The van der Waals surface area contributed by atoms with Gasteiger partial charge in [-0.2, -0.15) is 0 Å². The molecule has 0 radical (unpaired) electrons. The number of nitrogens with zero attached hydrogens (tertiary/aromatic N) is 1. The molecule has 1 saturated heterocycles. The normalized spacial score (nSPS) is 26.9. The second kappa shape index (κ2) is 5.12. The van der Waals surface area contributed by atoms with Gasteiger partial charge in [-0.15, -0.1) is 0 Å². The fourth-order valence-corrected chi connectivity index (χ4v) is 1.69. The zero-order valence-electron chi connectivity index (χ0n) is 10.3. The lowest BCUT2D eigenvalue weighted by molar-refractivity contribution is -0.154. The SMILES string of the molecule is CC1COC(CO)CN1C(=O)C(C)(C)CN. The number of amides is 1. The second-order valence-electron chi connectivity index (χ2n) is 5.03. The van der Waals surface area contributed by atoms with Crippen LogP contribution in [0.2, 0.25) is 0 Å². The molecule has 0 aromatic heterocycles. The van der Waals surface area contributed by atoms with Crippen LogP contribution in [0.1, 0.15) is 20.8 Å². The first-order chi connectivity index (χ1) is 7.42. The molecule has 0 aromatic rings. The minimum Gasteiger partial charge on any atom is -0.394 e. The summed E-state index contributed by atoms with van der Waals surface area (Å²) in [4.78, 5) is 14.0. The molecule has 94 valence electrons. The summed E-state index contributed by atoms with van der Waals surface area (Å²) < 4.78 is 5.39. The van der Waals surface area contributed by atoms with Crippen LogP contribution in [-0.4, -0.2) is 54.4 Å². The summed E-state index contributed by atoms with van der Waals surface area (Å²) in [7, 11) is 0. The number of ether oxygens (including phenoxy) is 1. The van der Waals surface area contributed by atoms with Gasteiger partial charge in [0.1, 0.15) is 0 Å². The van der Waals surface area contributed by atoms with Gasteiger partial charge in [-0.05, 0) is 20.8 Å². The third kappa shape index (κ3) is 2.72. The smallest absolute Gasteiger partial charge is 0.229 e. The maximum Gasteiger partial charge on any atom is 0.229 e. The molecule has 1 heterocycles. The minimum atomic E-state index is -0.550. The van der Waals surface area contributed by atoms with Gasteiger partial charge in [0.2, 0.25) is 5.91 Å². The van der Waals surface area contributed by atoms with Crippen molar-refractivity contribution in [3.05, 3.63) is 0 Å². The lowest BCUT2D eigenvalue weighted by Gasteiger charge is -2.41. The Morgan fingerprint density at radius 2 is 2.25 bits per heavy atom. The van der Waals surface area contributed by atoms with Gasteiger partial charge in [0.05, 0.1) is 30.8 Å². The summed E-state index contributed by atoms with van der Waals surface area (Å²) in [6.07, 6.45) is -0.270. The average molecular weight is 230 g/mol. The van der Waals surface area contributed by atoms with Crippen LogP contribution < -0.4 is 5.73 Å². The van der Waals surface area contributed by atoms with Gasteiger partial charge >= 0.3 is 0 Å². The molecule has 0 aliphatic carbocycles. The fraction of sp³-hybridized carbons (Fsp3) is 0.909. The van der Waals surface area contributed by atoms with Gasteiger partial charge in [0, 0.05) is 13.1 Å². The van der Waals surface area contributed by atoms with Gasteiger partial charge in [0.15, 0.2) is 0 Å². The first-order valence-electron chi connectivity index (χ1n) is 5.66. The van der Waals surface area contributed by atoms with E-state index < -0.39 is 5.41 Å². The van der Waals surface area contributed by atoms with Crippen LogP contribution >= 0.6 is 0 Å². The zero-order valence-corrected chi connectivity index (χ0v) is 10.3. The monoisotopic (exact) mass is 230 g/mol. The summed E-state index contributed by atoms with van der Waals surface area (Å²) >= 11 is 0. The van der Waals surface area contributed by atoms with Gasteiger partial charge < -0.3 is 20.5 Å². The highest BCUT2D eigenvalue weighted by Crippen LogP contribution is 2.21. The first kappa shape index (κ1) is 13.4. The highest BCUT2D eigenvalue weighted by atomic mass is 16.5. The van der Waals surface area contributed by atoms with E-state index in [9.17, 15) is 4.79 Å². The van der Waals surface area contributed by atoms with Crippen molar-refractivity contribution < 1.29 is 14.6 Å². The molecular formula is C11H22N2O3. The van der Waals surface area contributed by atoms with E-state index in [0.717, 1.165) is 0 Å². The van der Waals surface area contributed by atoms with Crippen molar-refractivity contribution in [1.82, 2.24) is 4.90 Å². The summed E-state index contributed by atoms with van der Waals surface area (Å²) in [6, 6.07) is 0.0427. The molecule has 0 aromatic carbocycles. The molecule has 5 heteroatoms. The van der Waals surface area contributed by atoms with Crippen LogP contribution in [-0.2, 0) is 9.53 Å². The topological polar surface area (TPSA) is 75.8 Å². The van der Waals surface area contributed by atoms with E-state index >= 15 is 0 Å². The predicted molar refractivity (Wildman–Crippen MR) is 60.8 cm³/mol. The predicted octanol–water partition coefficient (Wildman–Crippen LogP) is -0.420. The van der Waals surface area contributed by atoms with E-state index in [0.29, 0.717) is 19.7 Å². The molecule has 2 unspecified atom stereocenters. The molecule has 0 bridgehead atoms. The maximum atomic E-state index is 12.2. The van der Waals surface area contributed by atoms with Crippen molar-refractivity contribution in [3.63, 3.8) is 0 Å². The molecule has 1 aliphatic heterocycles. The van der Waals surface area contributed by atoms with Gasteiger partial charge in [-0.25, -0.2) is 0 Å². The van der Waals surface area contributed by atoms with Crippen molar-refractivity contribution in [2.45, 2.75) is 32.9 Å². The zero-order chi connectivity index (χ0) is 12.3. The molecule has 16 heavy (non-hydrogen) atoms. The average Bonchev–Trinajstić information content (AvgIpc) is 2.29. The van der Waals surface area contributed by atoms with Gasteiger partial charge in [-0.1, -0.05) is 0 Å². The molecule has 0 saturated carbocycles. The third-order valence-corrected chi connectivity index (χ3v) is 3.06. The Labute approximate surface area is 96.6 Å². The lowest BCUT2D eigenvalue weighted by Crippen LogP contribution is -2.56. The van der Waals surface area contributed by atoms with Crippen molar-refractivity contribution >= 4 is 5.91 Å². The molecule has 5 nitrogen and oxygen atoms in total. The molecule has 3 N–H and O–H groups in total. The fourth-order valence-electron chi connectivity index (χ4n) is 1.69. The van der Waals surface area contributed by atoms with E-state index in [1.165, 1.54) is 0 Å². The van der Waals surface area contributed by atoms with E-state index in [-0.39, 0.29) is 24.7 Å². The molecule has 1 amide bonds. The number of hydrogen-bond donors (Lipinski definition) is 2. The number of carbonyl (C=O) groups excluding carboxylic acids is 1. The van der Waals surface area contributed by atoms with E-state index in [2.05, 4.69) is 0 Å². The number of morpholine rings is 1. The Kier molecular flexibility index (Phi) is 4.29. The first-order valence-corrected chi connectivity index (χ1v) is 5.66. The quantitative estimate of drug-likeness (QED) is 0.690. The lowest BCUT2D eigenvalue weighted by atomic mass is 9.91. The summed E-state index contributed by atoms with van der Waals surface area (Å²) in [5, 5.41) is 9.05. The Bertz CT molecular complexity index is 256. The van der Waals surface area contributed by atoms with Crippen molar-refractivity contribution in [1.29, 1.82) is 0 Å². The molecule has 2 atom stereocenters. The summed E-state index contributed by atoms with van der Waals surface area (Å²) in [6.45, 7) is 6.80. The number of hydrogen-bond acceptors (Lipinski definition) is 4. The summed E-state index contributed by atoms with van der Waals surface area (Å²) in [5.41, 5.74) is 5.05. The third-order valence-electron chi connectivity index (χ3n) is 3.06. The molecule has 1 fully saturated rings. The van der Waals surface area contributed by atoms with Crippen molar-refractivity contribution in [2.24, 2.45) is 11.1 Å². The second-order valence-corrected chi connectivity index (χ2v) is 5.03. The molecule has 1 aliphatic rings. The van der Waals surface area contributed by atoms with Crippen molar-refractivity contribution in [3.8, 4) is 0 Å². The maximum absolute atomic E-state index is 12.2. The van der Waals surface area contributed by atoms with Crippen LogP contribution in [0.15, 0.2) is 0 Å². The number of aliphatic hydroxyl groups is 1. The van der Waals surface area contributed by atoms with Crippen LogP contribution in [0, 0.1) is 5.41 Å². The van der Waals surface area contributed by atoms with Crippen LogP contribution in [0.5, 0.6) is 0 Å². The van der Waals surface area contributed by atoms with Crippen LogP contribution in [0.3, 0.4) is 0 Å². The van der Waals surface area contributed by atoms with E-state index in [1.807, 2.05) is 20.8 Å². The Morgan fingerprint density at radius 1 is 1.62 bits per heavy atom. The highest BCUT2D eigenvalue weighted by molar-refractivity contribution is 5.82. The Morgan fingerprint density at radius 3 is 2.75 bits per heavy atom. The number of nitrogens with two attached hydrogens (primary N) is 1. The Hall–Kier alpha value is -0.650.